The molecule has 150 valence electrons. The predicted molar refractivity (Wildman–Crippen MR) is 110 cm³/mol. The molecule has 2 aromatic rings. The Balaban J connectivity index is 1.78. The summed E-state index contributed by atoms with van der Waals surface area (Å²) in [5.74, 6) is -1.09. The van der Waals surface area contributed by atoms with Crippen LogP contribution >= 0.6 is 12.2 Å². The molecule has 1 atom stereocenters. The summed E-state index contributed by atoms with van der Waals surface area (Å²) in [5.41, 5.74) is 2.70. The van der Waals surface area contributed by atoms with Gasteiger partial charge in [0.2, 0.25) is 0 Å². The normalized spacial score (nSPS) is 15.9. The van der Waals surface area contributed by atoms with Gasteiger partial charge >= 0.3 is 11.9 Å². The lowest BCUT2D eigenvalue weighted by Gasteiger charge is -2.30. The standard InChI is InChI=1S/C21H20N2O5S/c1-13-18(20(26)28-11-14-5-3-2-4-6-14)19(23-21(29)22-13)15-7-9-16(10-8-15)27-12-17(24)25/h2-10,19H,11-12H2,1H3,(H,24,25)(H2,22,23,29). The van der Waals surface area contributed by atoms with Crippen LogP contribution in [0, 0.1) is 0 Å². The summed E-state index contributed by atoms with van der Waals surface area (Å²) in [7, 11) is 0. The highest BCUT2D eigenvalue weighted by Crippen LogP contribution is 2.29. The number of carbonyl (C=O) groups is 2. The number of allylic oxidation sites excluding steroid dienone is 1. The number of rotatable bonds is 7. The second-order valence-electron chi connectivity index (χ2n) is 6.38. The fourth-order valence-electron chi connectivity index (χ4n) is 2.92. The SMILES string of the molecule is CC1=C(C(=O)OCc2ccccc2)C(c2ccc(OCC(=O)O)cc2)NC(=S)N1. The monoisotopic (exact) mass is 412 g/mol. The van der Waals surface area contributed by atoms with Crippen molar-refractivity contribution in [1.82, 2.24) is 10.6 Å². The average molecular weight is 412 g/mol. The number of hydrogen-bond donors (Lipinski definition) is 3. The van der Waals surface area contributed by atoms with Crippen molar-refractivity contribution in [1.29, 1.82) is 0 Å². The van der Waals surface area contributed by atoms with Gasteiger partial charge in [0, 0.05) is 5.70 Å². The van der Waals surface area contributed by atoms with Crippen LogP contribution in [0.15, 0.2) is 65.9 Å². The van der Waals surface area contributed by atoms with E-state index in [9.17, 15) is 9.59 Å². The average Bonchev–Trinajstić information content (AvgIpc) is 2.71. The summed E-state index contributed by atoms with van der Waals surface area (Å²) < 4.78 is 10.7. The highest BCUT2D eigenvalue weighted by molar-refractivity contribution is 7.80. The summed E-state index contributed by atoms with van der Waals surface area (Å²) in [6.45, 7) is 1.50. The number of carboxylic acids is 1. The van der Waals surface area contributed by atoms with Gasteiger partial charge in [-0.2, -0.15) is 0 Å². The maximum Gasteiger partial charge on any atom is 0.341 e. The number of carboxylic acid groups (broad SMARTS) is 1. The van der Waals surface area contributed by atoms with Gasteiger partial charge in [-0.15, -0.1) is 0 Å². The third-order valence-electron chi connectivity index (χ3n) is 4.28. The van der Waals surface area contributed by atoms with Crippen LogP contribution in [0.25, 0.3) is 0 Å². The smallest absolute Gasteiger partial charge is 0.341 e. The number of esters is 1. The first-order valence-electron chi connectivity index (χ1n) is 8.88. The van der Waals surface area contributed by atoms with Gasteiger partial charge in [-0.1, -0.05) is 42.5 Å². The number of aliphatic carboxylic acids is 1. The minimum Gasteiger partial charge on any atom is -0.482 e. The van der Waals surface area contributed by atoms with Crippen LogP contribution in [0.5, 0.6) is 5.75 Å². The molecular weight excluding hydrogens is 392 g/mol. The van der Waals surface area contributed by atoms with Crippen LogP contribution in [0.4, 0.5) is 0 Å². The molecule has 7 nitrogen and oxygen atoms in total. The summed E-state index contributed by atoms with van der Waals surface area (Å²) in [5, 5.41) is 15.2. The van der Waals surface area contributed by atoms with Crippen LogP contribution in [0.3, 0.4) is 0 Å². The molecule has 0 saturated carbocycles. The van der Waals surface area contributed by atoms with Crippen molar-refractivity contribution in [3.05, 3.63) is 77.0 Å². The van der Waals surface area contributed by atoms with E-state index in [4.69, 9.17) is 26.8 Å². The highest BCUT2D eigenvalue weighted by atomic mass is 32.1. The van der Waals surface area contributed by atoms with Gasteiger partial charge in [0.25, 0.3) is 0 Å². The van der Waals surface area contributed by atoms with Gasteiger partial charge in [-0.25, -0.2) is 9.59 Å². The van der Waals surface area contributed by atoms with Crippen molar-refractivity contribution in [3.8, 4) is 5.75 Å². The van der Waals surface area contributed by atoms with Gasteiger partial charge in [0.1, 0.15) is 12.4 Å². The van der Waals surface area contributed by atoms with E-state index >= 15 is 0 Å². The molecule has 1 heterocycles. The molecule has 0 aliphatic carbocycles. The van der Waals surface area contributed by atoms with Crippen LogP contribution in [0.2, 0.25) is 0 Å². The van der Waals surface area contributed by atoms with Gasteiger partial charge in [-0.3, -0.25) is 0 Å². The first-order chi connectivity index (χ1) is 13.9. The molecule has 0 radical (unpaired) electrons. The molecule has 1 aliphatic heterocycles. The molecule has 2 aromatic carbocycles. The Hall–Kier alpha value is -3.39. The first kappa shape index (κ1) is 20.3. The number of ether oxygens (including phenoxy) is 2. The summed E-state index contributed by atoms with van der Waals surface area (Å²) in [6.07, 6.45) is 0. The van der Waals surface area contributed by atoms with Crippen LogP contribution in [0.1, 0.15) is 24.1 Å². The first-order valence-corrected chi connectivity index (χ1v) is 9.29. The van der Waals surface area contributed by atoms with Crippen molar-refractivity contribution in [2.24, 2.45) is 0 Å². The van der Waals surface area contributed by atoms with Crippen molar-refractivity contribution in [2.75, 3.05) is 6.61 Å². The van der Waals surface area contributed by atoms with E-state index in [0.29, 0.717) is 22.1 Å². The lowest BCUT2D eigenvalue weighted by Crippen LogP contribution is -2.45. The molecule has 1 unspecified atom stereocenters. The topological polar surface area (TPSA) is 96.9 Å². The summed E-state index contributed by atoms with van der Waals surface area (Å²) in [6, 6.07) is 15.7. The third-order valence-corrected chi connectivity index (χ3v) is 4.50. The third kappa shape index (κ3) is 5.32. The minimum atomic E-state index is -1.05. The Morgan fingerprint density at radius 1 is 1.10 bits per heavy atom. The molecule has 1 aliphatic rings. The Kier molecular flexibility index (Phi) is 6.46. The summed E-state index contributed by atoms with van der Waals surface area (Å²) >= 11 is 5.24. The maximum atomic E-state index is 12.8. The zero-order valence-corrected chi connectivity index (χ0v) is 16.5. The molecule has 29 heavy (non-hydrogen) atoms. The van der Waals surface area contributed by atoms with E-state index in [1.54, 1.807) is 31.2 Å². The molecule has 8 heteroatoms. The maximum absolute atomic E-state index is 12.8. The van der Waals surface area contributed by atoms with E-state index in [1.165, 1.54) is 0 Å². The molecule has 0 spiro atoms. The molecule has 0 aromatic heterocycles. The van der Waals surface area contributed by atoms with Gasteiger partial charge in [0.15, 0.2) is 11.7 Å². The molecule has 0 bridgehead atoms. The fraction of sp³-hybridized carbons (Fsp3) is 0.190. The Morgan fingerprint density at radius 3 is 2.45 bits per heavy atom. The van der Waals surface area contributed by atoms with Crippen molar-refractivity contribution < 1.29 is 24.2 Å². The van der Waals surface area contributed by atoms with Gasteiger partial charge < -0.3 is 25.2 Å². The van der Waals surface area contributed by atoms with E-state index in [-0.39, 0.29) is 6.61 Å². The van der Waals surface area contributed by atoms with E-state index < -0.39 is 24.6 Å². The van der Waals surface area contributed by atoms with E-state index in [1.807, 2.05) is 30.3 Å². The van der Waals surface area contributed by atoms with Crippen LogP contribution < -0.4 is 15.4 Å². The van der Waals surface area contributed by atoms with Crippen molar-refractivity contribution >= 4 is 29.3 Å². The zero-order valence-electron chi connectivity index (χ0n) is 15.7. The number of thiocarbonyl (C=S) groups is 1. The molecule has 0 amide bonds. The lowest BCUT2D eigenvalue weighted by molar-refractivity contribution is -0.141. The fourth-order valence-corrected chi connectivity index (χ4v) is 3.19. The summed E-state index contributed by atoms with van der Waals surface area (Å²) in [4.78, 5) is 23.5. The second kappa shape index (κ2) is 9.20. The quantitative estimate of drug-likeness (QED) is 0.472. The zero-order chi connectivity index (χ0) is 20.8. The predicted octanol–water partition coefficient (Wildman–Crippen LogP) is 2.69. The second-order valence-corrected chi connectivity index (χ2v) is 6.79. The molecular formula is C21H20N2O5S. The van der Waals surface area contributed by atoms with Gasteiger partial charge in [-0.05, 0) is 42.4 Å². The molecule has 3 N–H and O–H groups in total. The largest absolute Gasteiger partial charge is 0.482 e. The van der Waals surface area contributed by atoms with Gasteiger partial charge in [0.05, 0.1) is 11.6 Å². The number of hydrogen-bond acceptors (Lipinski definition) is 5. The Bertz CT molecular complexity index is 941. The van der Waals surface area contributed by atoms with Crippen LogP contribution in [-0.4, -0.2) is 28.8 Å². The number of carbonyl (C=O) groups excluding carboxylic acids is 1. The lowest BCUT2D eigenvalue weighted by atomic mass is 9.95. The Labute approximate surface area is 173 Å². The molecule has 0 saturated heterocycles. The van der Waals surface area contributed by atoms with Crippen molar-refractivity contribution in [2.45, 2.75) is 19.6 Å². The van der Waals surface area contributed by atoms with Crippen molar-refractivity contribution in [3.63, 3.8) is 0 Å². The van der Waals surface area contributed by atoms with E-state index in [2.05, 4.69) is 10.6 Å². The molecule has 0 fully saturated rings. The molecule has 3 rings (SSSR count). The minimum absolute atomic E-state index is 0.162. The van der Waals surface area contributed by atoms with E-state index in [0.717, 1.165) is 11.1 Å². The number of benzene rings is 2. The Morgan fingerprint density at radius 2 is 1.79 bits per heavy atom. The number of nitrogens with one attached hydrogen (secondary N) is 2. The van der Waals surface area contributed by atoms with Crippen LogP contribution in [-0.2, 0) is 20.9 Å². The highest BCUT2D eigenvalue weighted by Gasteiger charge is 2.31.